The van der Waals surface area contributed by atoms with Gasteiger partial charge in [0.2, 0.25) is 0 Å². The van der Waals surface area contributed by atoms with Crippen LogP contribution in [0.15, 0.2) is 12.4 Å². The molecule has 3 aliphatic rings. The number of aromatic nitrogens is 2. The van der Waals surface area contributed by atoms with Crippen molar-refractivity contribution in [2.45, 2.75) is 43.8 Å². The molecule has 2 aliphatic heterocycles. The molecule has 0 aromatic carbocycles. The fraction of sp³-hybridized carbons (Fsp3) is 0.824. The van der Waals surface area contributed by atoms with Crippen LogP contribution in [-0.4, -0.2) is 53.3 Å². The predicted octanol–water partition coefficient (Wildman–Crippen LogP) is 2.14. The summed E-state index contributed by atoms with van der Waals surface area (Å²) < 4.78 is 13.6. The van der Waals surface area contributed by atoms with Crippen LogP contribution in [0.2, 0.25) is 0 Å². The first-order chi connectivity index (χ1) is 10.7. The fourth-order valence-electron chi connectivity index (χ4n) is 4.37. The first kappa shape index (κ1) is 14.7. The quantitative estimate of drug-likeness (QED) is 0.858. The molecule has 0 N–H and O–H groups in total. The summed E-state index contributed by atoms with van der Waals surface area (Å²) in [6.45, 7) is 5.23. The van der Waals surface area contributed by atoms with Crippen LogP contribution in [-0.2, 0) is 16.5 Å². The van der Waals surface area contributed by atoms with Crippen LogP contribution in [0.25, 0.3) is 0 Å². The summed E-state index contributed by atoms with van der Waals surface area (Å²) >= 11 is 0. The van der Waals surface area contributed by atoms with E-state index in [1.165, 1.54) is 44.5 Å². The molecule has 0 bridgehead atoms. The van der Waals surface area contributed by atoms with Gasteiger partial charge in [-0.1, -0.05) is 0 Å². The summed E-state index contributed by atoms with van der Waals surface area (Å²) in [5.74, 6) is 1.27. The van der Waals surface area contributed by atoms with Gasteiger partial charge in [-0.25, -0.2) is 0 Å². The van der Waals surface area contributed by atoms with Crippen molar-refractivity contribution in [2.75, 3.05) is 32.8 Å². The van der Waals surface area contributed by atoms with Gasteiger partial charge >= 0.3 is 0 Å². The molecule has 1 atom stereocenters. The van der Waals surface area contributed by atoms with Crippen LogP contribution >= 0.6 is 0 Å². The Morgan fingerprint density at radius 3 is 2.68 bits per heavy atom. The normalized spacial score (nSPS) is 29.6. The zero-order valence-electron chi connectivity index (χ0n) is 13.5. The largest absolute Gasteiger partial charge is 0.348 e. The number of ether oxygens (including phenoxy) is 2. The molecule has 1 aliphatic carbocycles. The lowest BCUT2D eigenvalue weighted by atomic mass is 9.85. The van der Waals surface area contributed by atoms with Crippen LogP contribution in [0.5, 0.6) is 0 Å². The Balaban J connectivity index is 1.26. The molecule has 1 aromatic rings. The highest BCUT2D eigenvalue weighted by Crippen LogP contribution is 2.39. The van der Waals surface area contributed by atoms with E-state index in [4.69, 9.17) is 9.47 Å². The Labute approximate surface area is 132 Å². The SMILES string of the molecule is Cn1cc(C2CCN(CC3CCC4(CC3)OCCO4)C2)cn1. The molecular weight excluding hydrogens is 278 g/mol. The predicted molar refractivity (Wildman–Crippen MR) is 83.6 cm³/mol. The second-order valence-corrected chi connectivity index (χ2v) is 7.24. The molecule has 122 valence electrons. The van der Waals surface area contributed by atoms with Crippen molar-refractivity contribution in [1.82, 2.24) is 14.7 Å². The lowest BCUT2D eigenvalue weighted by Crippen LogP contribution is -2.38. The lowest BCUT2D eigenvalue weighted by Gasteiger charge is -2.36. The molecular formula is C17H27N3O2. The van der Waals surface area contributed by atoms with Gasteiger partial charge in [0.1, 0.15) is 0 Å². The van der Waals surface area contributed by atoms with E-state index in [-0.39, 0.29) is 5.79 Å². The van der Waals surface area contributed by atoms with Crippen LogP contribution in [0.3, 0.4) is 0 Å². The third kappa shape index (κ3) is 2.94. The summed E-state index contributed by atoms with van der Waals surface area (Å²) in [6.07, 6.45) is 10.1. The zero-order valence-corrected chi connectivity index (χ0v) is 13.5. The molecule has 5 nitrogen and oxygen atoms in total. The van der Waals surface area contributed by atoms with Crippen LogP contribution in [0.4, 0.5) is 0 Å². The molecule has 2 saturated heterocycles. The highest BCUT2D eigenvalue weighted by Gasteiger charge is 2.40. The molecule has 3 fully saturated rings. The molecule has 1 unspecified atom stereocenters. The molecule has 0 radical (unpaired) electrons. The molecule has 1 spiro atoms. The van der Waals surface area contributed by atoms with Gasteiger partial charge < -0.3 is 14.4 Å². The van der Waals surface area contributed by atoms with Crippen LogP contribution in [0, 0.1) is 5.92 Å². The minimum atomic E-state index is -0.209. The van der Waals surface area contributed by atoms with E-state index in [1.54, 1.807) is 0 Å². The number of nitrogens with zero attached hydrogens (tertiary/aromatic N) is 3. The van der Waals surface area contributed by atoms with Crippen molar-refractivity contribution in [3.63, 3.8) is 0 Å². The summed E-state index contributed by atoms with van der Waals surface area (Å²) in [5, 5.41) is 4.31. The number of likely N-dealkylation sites (tertiary alicyclic amines) is 1. The molecule has 22 heavy (non-hydrogen) atoms. The monoisotopic (exact) mass is 305 g/mol. The van der Waals surface area contributed by atoms with Gasteiger partial charge in [0.25, 0.3) is 0 Å². The van der Waals surface area contributed by atoms with Gasteiger partial charge in [0.15, 0.2) is 5.79 Å². The van der Waals surface area contributed by atoms with Crippen LogP contribution < -0.4 is 0 Å². The van der Waals surface area contributed by atoms with Crippen molar-refractivity contribution in [1.29, 1.82) is 0 Å². The zero-order chi connectivity index (χ0) is 15.0. The Bertz CT molecular complexity index is 500. The molecule has 4 rings (SSSR count). The maximum absolute atomic E-state index is 5.83. The summed E-state index contributed by atoms with van der Waals surface area (Å²) in [7, 11) is 2.00. The summed E-state index contributed by atoms with van der Waals surface area (Å²) in [5.41, 5.74) is 1.40. The average Bonchev–Trinajstić information content (AvgIpc) is 3.23. The summed E-state index contributed by atoms with van der Waals surface area (Å²) in [4.78, 5) is 2.65. The molecule has 3 heterocycles. The van der Waals surface area contributed by atoms with E-state index < -0.39 is 0 Å². The van der Waals surface area contributed by atoms with Crippen molar-refractivity contribution >= 4 is 0 Å². The van der Waals surface area contributed by atoms with Gasteiger partial charge in [-0.3, -0.25) is 4.68 Å². The average molecular weight is 305 g/mol. The van der Waals surface area contributed by atoms with E-state index in [0.29, 0.717) is 5.92 Å². The Hall–Kier alpha value is -0.910. The minimum absolute atomic E-state index is 0.209. The molecule has 1 saturated carbocycles. The van der Waals surface area contributed by atoms with E-state index in [9.17, 15) is 0 Å². The third-order valence-electron chi connectivity index (χ3n) is 5.67. The second-order valence-electron chi connectivity index (χ2n) is 7.24. The van der Waals surface area contributed by atoms with E-state index in [1.807, 2.05) is 17.9 Å². The number of aryl methyl sites for hydroxylation is 1. The highest BCUT2D eigenvalue weighted by molar-refractivity contribution is 5.13. The van der Waals surface area contributed by atoms with Crippen molar-refractivity contribution < 1.29 is 9.47 Å². The van der Waals surface area contributed by atoms with E-state index in [0.717, 1.165) is 32.0 Å². The molecule has 1 aromatic heterocycles. The van der Waals surface area contributed by atoms with Crippen molar-refractivity contribution in [3.8, 4) is 0 Å². The molecule has 0 amide bonds. The maximum Gasteiger partial charge on any atom is 0.168 e. The highest BCUT2D eigenvalue weighted by atomic mass is 16.7. The van der Waals surface area contributed by atoms with Crippen molar-refractivity contribution in [3.05, 3.63) is 18.0 Å². The minimum Gasteiger partial charge on any atom is -0.348 e. The van der Waals surface area contributed by atoms with Crippen molar-refractivity contribution in [2.24, 2.45) is 13.0 Å². The van der Waals surface area contributed by atoms with Gasteiger partial charge in [0.05, 0.1) is 19.4 Å². The van der Waals surface area contributed by atoms with Gasteiger partial charge in [-0.05, 0) is 37.3 Å². The van der Waals surface area contributed by atoms with E-state index >= 15 is 0 Å². The topological polar surface area (TPSA) is 39.5 Å². The first-order valence-electron chi connectivity index (χ1n) is 8.71. The Kier molecular flexibility index (Phi) is 3.96. The van der Waals surface area contributed by atoms with Gasteiger partial charge in [-0.2, -0.15) is 5.10 Å². The van der Waals surface area contributed by atoms with Gasteiger partial charge in [-0.15, -0.1) is 0 Å². The van der Waals surface area contributed by atoms with Crippen LogP contribution in [0.1, 0.15) is 43.6 Å². The lowest BCUT2D eigenvalue weighted by molar-refractivity contribution is -0.183. The summed E-state index contributed by atoms with van der Waals surface area (Å²) in [6, 6.07) is 0. The standard InChI is InChI=1S/C17H27N3O2/c1-19-12-16(10-18-19)15-4-7-20(13-15)11-14-2-5-17(6-3-14)21-8-9-22-17/h10,12,14-15H,2-9,11,13H2,1H3. The number of hydrogen-bond donors (Lipinski definition) is 0. The smallest absolute Gasteiger partial charge is 0.168 e. The van der Waals surface area contributed by atoms with Gasteiger partial charge in [0, 0.05) is 45.1 Å². The van der Waals surface area contributed by atoms with E-state index in [2.05, 4.69) is 16.2 Å². The third-order valence-corrected chi connectivity index (χ3v) is 5.67. The second kappa shape index (κ2) is 5.95. The Morgan fingerprint density at radius 1 is 1.23 bits per heavy atom. The number of hydrogen-bond acceptors (Lipinski definition) is 4. The molecule has 5 heteroatoms. The number of rotatable bonds is 3. The fourth-order valence-corrected chi connectivity index (χ4v) is 4.37. The Morgan fingerprint density at radius 2 is 2.00 bits per heavy atom. The first-order valence-corrected chi connectivity index (χ1v) is 8.71. The maximum atomic E-state index is 5.83.